The number of hydrogen-bond donors (Lipinski definition) is 0. The van der Waals surface area contributed by atoms with E-state index < -0.39 is 10.0 Å². The number of nitrogens with zero attached hydrogens (tertiary/aromatic N) is 1. The van der Waals surface area contributed by atoms with Crippen LogP contribution in [0.4, 0.5) is 0 Å². The molecule has 0 amide bonds. The van der Waals surface area contributed by atoms with E-state index in [0.29, 0.717) is 6.54 Å². The zero-order chi connectivity index (χ0) is 19.8. The SMILES string of the molecule is CC1(C)CC2(CCCCC2)N(S(=O)(=O)Cc2ccccc2)Cc2ccccc21. The molecule has 0 aromatic heterocycles. The van der Waals surface area contributed by atoms with Crippen molar-refractivity contribution in [3.8, 4) is 0 Å². The Balaban J connectivity index is 1.80. The molecule has 3 nitrogen and oxygen atoms in total. The van der Waals surface area contributed by atoms with E-state index in [1.54, 1.807) is 0 Å². The van der Waals surface area contributed by atoms with Crippen molar-refractivity contribution in [1.29, 1.82) is 0 Å². The third-order valence-corrected chi connectivity index (χ3v) is 8.56. The van der Waals surface area contributed by atoms with Gasteiger partial charge in [0.25, 0.3) is 0 Å². The zero-order valence-electron chi connectivity index (χ0n) is 17.0. The van der Waals surface area contributed by atoms with Crippen molar-refractivity contribution in [3.63, 3.8) is 0 Å². The first-order valence-corrected chi connectivity index (χ1v) is 12.1. The number of sulfonamides is 1. The highest BCUT2D eigenvalue weighted by Crippen LogP contribution is 2.48. The summed E-state index contributed by atoms with van der Waals surface area (Å²) in [4.78, 5) is 0. The van der Waals surface area contributed by atoms with Crippen molar-refractivity contribution in [2.45, 2.75) is 75.6 Å². The molecule has 1 fully saturated rings. The first-order valence-electron chi connectivity index (χ1n) is 10.5. The van der Waals surface area contributed by atoms with Crippen LogP contribution in [0.2, 0.25) is 0 Å². The summed E-state index contributed by atoms with van der Waals surface area (Å²) in [5.41, 5.74) is 3.02. The van der Waals surface area contributed by atoms with Gasteiger partial charge in [-0.2, -0.15) is 4.31 Å². The van der Waals surface area contributed by atoms with Crippen LogP contribution < -0.4 is 0 Å². The Morgan fingerprint density at radius 2 is 1.54 bits per heavy atom. The molecule has 2 aliphatic rings. The molecule has 0 N–H and O–H groups in total. The van der Waals surface area contributed by atoms with E-state index in [0.717, 1.165) is 43.2 Å². The molecule has 2 aromatic carbocycles. The van der Waals surface area contributed by atoms with Crippen LogP contribution in [-0.4, -0.2) is 18.3 Å². The topological polar surface area (TPSA) is 37.4 Å². The van der Waals surface area contributed by atoms with E-state index in [1.165, 1.54) is 12.0 Å². The Labute approximate surface area is 169 Å². The standard InChI is InChI=1S/C24H31NO2S/c1-23(2)19-24(15-9-4-10-16-24)25(17-21-13-7-8-14-22(21)23)28(26,27)18-20-11-5-3-6-12-20/h3,5-8,11-14H,4,9-10,15-19H2,1-2H3. The zero-order valence-corrected chi connectivity index (χ0v) is 17.8. The predicted molar refractivity (Wildman–Crippen MR) is 115 cm³/mol. The highest BCUT2D eigenvalue weighted by molar-refractivity contribution is 7.88. The molecule has 4 heteroatoms. The summed E-state index contributed by atoms with van der Waals surface area (Å²) in [6.07, 6.45) is 6.27. The Morgan fingerprint density at radius 3 is 2.25 bits per heavy atom. The van der Waals surface area contributed by atoms with Crippen molar-refractivity contribution in [2.75, 3.05) is 0 Å². The van der Waals surface area contributed by atoms with Crippen LogP contribution in [0.5, 0.6) is 0 Å². The predicted octanol–water partition coefficient (Wildman–Crippen LogP) is 5.40. The van der Waals surface area contributed by atoms with Gasteiger partial charge in [-0.25, -0.2) is 8.42 Å². The maximum Gasteiger partial charge on any atom is 0.219 e. The lowest BCUT2D eigenvalue weighted by molar-refractivity contribution is 0.0969. The summed E-state index contributed by atoms with van der Waals surface area (Å²) in [7, 11) is -3.43. The molecule has 0 unspecified atom stereocenters. The third-order valence-electron chi connectivity index (χ3n) is 6.67. The molecule has 4 rings (SSSR count). The second kappa shape index (κ2) is 7.31. The highest BCUT2D eigenvalue weighted by atomic mass is 32.2. The Morgan fingerprint density at radius 1 is 0.893 bits per heavy atom. The van der Waals surface area contributed by atoms with E-state index in [9.17, 15) is 8.42 Å². The fourth-order valence-corrected chi connectivity index (χ4v) is 7.48. The van der Waals surface area contributed by atoms with Crippen LogP contribution in [0, 0.1) is 0 Å². The quantitative estimate of drug-likeness (QED) is 0.695. The molecular weight excluding hydrogens is 366 g/mol. The molecule has 1 aliphatic heterocycles. The minimum atomic E-state index is -3.43. The molecule has 150 valence electrons. The van der Waals surface area contributed by atoms with E-state index >= 15 is 0 Å². The number of benzene rings is 2. The Hall–Kier alpha value is -1.65. The Bertz CT molecular complexity index is 928. The molecule has 0 atom stereocenters. The van der Waals surface area contributed by atoms with Crippen molar-refractivity contribution in [1.82, 2.24) is 4.31 Å². The maximum absolute atomic E-state index is 13.7. The van der Waals surface area contributed by atoms with Crippen molar-refractivity contribution >= 4 is 10.0 Å². The van der Waals surface area contributed by atoms with E-state index in [1.807, 2.05) is 40.7 Å². The third kappa shape index (κ3) is 3.65. The normalized spacial score (nSPS) is 21.8. The first-order chi connectivity index (χ1) is 13.3. The summed E-state index contributed by atoms with van der Waals surface area (Å²) in [5.74, 6) is 0.0815. The molecule has 0 bridgehead atoms. The molecule has 1 aliphatic carbocycles. The van der Waals surface area contributed by atoms with Crippen LogP contribution in [0.3, 0.4) is 0 Å². The van der Waals surface area contributed by atoms with Gasteiger partial charge in [0.2, 0.25) is 10.0 Å². The van der Waals surface area contributed by atoms with Crippen LogP contribution in [-0.2, 0) is 27.7 Å². The minimum absolute atomic E-state index is 0.0368. The van der Waals surface area contributed by atoms with Gasteiger partial charge in [-0.1, -0.05) is 87.7 Å². The van der Waals surface area contributed by atoms with Gasteiger partial charge in [0.1, 0.15) is 0 Å². The number of fused-ring (bicyclic) bond motifs is 1. The largest absolute Gasteiger partial charge is 0.219 e. The van der Waals surface area contributed by atoms with Gasteiger partial charge in [0, 0.05) is 12.1 Å². The van der Waals surface area contributed by atoms with Gasteiger partial charge in [-0.05, 0) is 41.4 Å². The summed E-state index contributed by atoms with van der Waals surface area (Å²) < 4.78 is 29.4. The fraction of sp³-hybridized carbons (Fsp3) is 0.500. The van der Waals surface area contributed by atoms with Gasteiger partial charge in [0.15, 0.2) is 0 Å². The molecule has 2 aromatic rings. The molecular formula is C24H31NO2S. The Kier molecular flexibility index (Phi) is 5.13. The minimum Gasteiger partial charge on any atom is -0.212 e. The van der Waals surface area contributed by atoms with Gasteiger partial charge in [0.05, 0.1) is 5.75 Å². The summed E-state index contributed by atoms with van der Waals surface area (Å²) in [5, 5.41) is 0. The lowest BCUT2D eigenvalue weighted by Gasteiger charge is -2.47. The fourth-order valence-electron chi connectivity index (χ4n) is 5.54. The average molecular weight is 398 g/mol. The lowest BCUT2D eigenvalue weighted by atomic mass is 9.69. The van der Waals surface area contributed by atoms with Crippen molar-refractivity contribution in [3.05, 3.63) is 71.3 Å². The second-order valence-electron chi connectivity index (χ2n) is 9.25. The van der Waals surface area contributed by atoms with Crippen LogP contribution in [0.1, 0.15) is 69.1 Å². The van der Waals surface area contributed by atoms with Gasteiger partial charge >= 0.3 is 0 Å². The van der Waals surface area contributed by atoms with Crippen LogP contribution >= 0.6 is 0 Å². The summed E-state index contributed by atoms with van der Waals surface area (Å²) in [6.45, 7) is 5.07. The van der Waals surface area contributed by atoms with Gasteiger partial charge in [-0.3, -0.25) is 0 Å². The van der Waals surface area contributed by atoms with E-state index in [-0.39, 0.29) is 16.7 Å². The molecule has 1 saturated carbocycles. The van der Waals surface area contributed by atoms with Gasteiger partial charge in [-0.15, -0.1) is 0 Å². The van der Waals surface area contributed by atoms with E-state index in [4.69, 9.17) is 0 Å². The summed E-state index contributed by atoms with van der Waals surface area (Å²) >= 11 is 0. The average Bonchev–Trinajstić information content (AvgIpc) is 2.76. The molecule has 0 saturated heterocycles. The molecule has 28 heavy (non-hydrogen) atoms. The highest BCUT2D eigenvalue weighted by Gasteiger charge is 2.49. The van der Waals surface area contributed by atoms with Crippen molar-refractivity contribution < 1.29 is 8.42 Å². The second-order valence-corrected chi connectivity index (χ2v) is 11.1. The maximum atomic E-state index is 13.7. The number of rotatable bonds is 3. The van der Waals surface area contributed by atoms with Crippen LogP contribution in [0.15, 0.2) is 54.6 Å². The van der Waals surface area contributed by atoms with E-state index in [2.05, 4.69) is 32.0 Å². The van der Waals surface area contributed by atoms with Crippen molar-refractivity contribution in [2.24, 2.45) is 0 Å². The number of hydrogen-bond acceptors (Lipinski definition) is 2. The lowest BCUT2D eigenvalue weighted by Crippen LogP contribution is -2.53. The van der Waals surface area contributed by atoms with Crippen LogP contribution in [0.25, 0.3) is 0 Å². The first kappa shape index (κ1) is 19.7. The monoisotopic (exact) mass is 397 g/mol. The van der Waals surface area contributed by atoms with Gasteiger partial charge < -0.3 is 0 Å². The molecule has 1 spiro atoms. The molecule has 1 heterocycles. The molecule has 0 radical (unpaired) electrons. The summed E-state index contributed by atoms with van der Waals surface area (Å²) in [6, 6.07) is 18.0. The smallest absolute Gasteiger partial charge is 0.212 e.